The van der Waals surface area contributed by atoms with E-state index in [4.69, 9.17) is 4.98 Å². The van der Waals surface area contributed by atoms with Crippen molar-refractivity contribution >= 4 is 22.2 Å². The minimum atomic E-state index is -0.286. The molecule has 0 bridgehead atoms. The van der Waals surface area contributed by atoms with Gasteiger partial charge in [-0.3, -0.25) is 9.88 Å². The second-order valence-corrected chi connectivity index (χ2v) is 9.22. The average molecular weight is 446 g/mol. The molecule has 7 nitrogen and oxygen atoms in total. The molecule has 2 fully saturated rings. The molecule has 2 aliphatic rings. The first-order valence-corrected chi connectivity index (χ1v) is 11.7. The van der Waals surface area contributed by atoms with E-state index in [1.165, 1.54) is 51.2 Å². The van der Waals surface area contributed by atoms with Crippen LogP contribution in [0, 0.1) is 5.82 Å². The number of pyridine rings is 1. The zero-order valence-corrected chi connectivity index (χ0v) is 18.9. The number of hydrogen-bond acceptors (Lipinski definition) is 6. The summed E-state index contributed by atoms with van der Waals surface area (Å²) in [4.78, 5) is 16.6. The molecule has 170 valence electrons. The SMILES string of the molecule is CN1CCN(C2CCN(c3cnc4c(-c5ccnc6cc(F)ccc56)cnn4c3)CC2)CC1. The standard InChI is InChI=1S/C25H28FN7/c1-30-10-12-32(13-11-30)19-5-8-31(9-6-19)20-15-28-25-23(16-29-33(25)17-20)21-4-7-27-24-14-18(26)2-3-22(21)24/h2-4,7,14-17,19H,5-6,8-13H2,1H3. The predicted molar refractivity (Wildman–Crippen MR) is 128 cm³/mol. The van der Waals surface area contributed by atoms with E-state index in [0.29, 0.717) is 11.6 Å². The number of aromatic nitrogens is 4. The van der Waals surface area contributed by atoms with Gasteiger partial charge in [-0.05, 0) is 43.7 Å². The molecular weight excluding hydrogens is 417 g/mol. The predicted octanol–water partition coefficient (Wildman–Crippen LogP) is 3.30. The summed E-state index contributed by atoms with van der Waals surface area (Å²) in [5.74, 6) is -0.286. The Labute approximate surface area is 192 Å². The van der Waals surface area contributed by atoms with Crippen molar-refractivity contribution in [1.82, 2.24) is 29.4 Å². The molecule has 0 spiro atoms. The number of nitrogens with zero attached hydrogens (tertiary/aromatic N) is 7. The number of fused-ring (bicyclic) bond motifs is 2. The molecule has 0 amide bonds. The molecule has 2 saturated heterocycles. The van der Waals surface area contributed by atoms with Crippen molar-refractivity contribution in [3.05, 3.63) is 54.9 Å². The van der Waals surface area contributed by atoms with Gasteiger partial charge in [0.1, 0.15) is 5.82 Å². The fourth-order valence-electron chi connectivity index (χ4n) is 5.25. The molecular formula is C25H28FN7. The van der Waals surface area contributed by atoms with Crippen LogP contribution in [0.5, 0.6) is 0 Å². The van der Waals surface area contributed by atoms with E-state index in [0.717, 1.165) is 40.9 Å². The molecule has 0 saturated carbocycles. The topological polar surface area (TPSA) is 52.8 Å². The first-order chi connectivity index (χ1) is 16.2. The highest BCUT2D eigenvalue weighted by Gasteiger charge is 2.27. The van der Waals surface area contributed by atoms with Crippen molar-refractivity contribution in [3.63, 3.8) is 0 Å². The van der Waals surface area contributed by atoms with E-state index in [2.05, 4.69) is 38.0 Å². The molecule has 0 unspecified atom stereocenters. The largest absolute Gasteiger partial charge is 0.369 e. The lowest BCUT2D eigenvalue weighted by Crippen LogP contribution is -2.52. The Morgan fingerprint density at radius 3 is 2.55 bits per heavy atom. The molecule has 0 N–H and O–H groups in total. The number of halogens is 1. The maximum absolute atomic E-state index is 13.7. The van der Waals surface area contributed by atoms with Crippen LogP contribution in [0.1, 0.15) is 12.8 Å². The highest BCUT2D eigenvalue weighted by molar-refractivity contribution is 5.97. The quantitative estimate of drug-likeness (QED) is 0.482. The third-order valence-corrected chi connectivity index (χ3v) is 7.22. The Morgan fingerprint density at radius 1 is 0.909 bits per heavy atom. The van der Waals surface area contributed by atoms with E-state index in [1.54, 1.807) is 12.3 Å². The third-order valence-electron chi connectivity index (χ3n) is 7.22. The van der Waals surface area contributed by atoms with Crippen LogP contribution in [0.2, 0.25) is 0 Å². The molecule has 0 radical (unpaired) electrons. The monoisotopic (exact) mass is 445 g/mol. The normalized spacial score (nSPS) is 19.0. The van der Waals surface area contributed by atoms with Gasteiger partial charge in [0.05, 0.1) is 29.8 Å². The third kappa shape index (κ3) is 3.83. The molecule has 4 aromatic rings. The lowest BCUT2D eigenvalue weighted by molar-refractivity contribution is 0.0982. The molecule has 0 atom stereocenters. The lowest BCUT2D eigenvalue weighted by atomic mass is 10.0. The van der Waals surface area contributed by atoms with Crippen LogP contribution in [0.25, 0.3) is 27.7 Å². The van der Waals surface area contributed by atoms with Gasteiger partial charge in [-0.25, -0.2) is 13.9 Å². The summed E-state index contributed by atoms with van der Waals surface area (Å²) in [6.45, 7) is 6.79. The van der Waals surface area contributed by atoms with Crippen LogP contribution in [-0.4, -0.2) is 81.7 Å². The maximum atomic E-state index is 13.7. The first kappa shape index (κ1) is 20.5. The average Bonchev–Trinajstić information content (AvgIpc) is 3.27. The summed E-state index contributed by atoms with van der Waals surface area (Å²) in [6.07, 6.45) is 9.95. The summed E-state index contributed by atoms with van der Waals surface area (Å²) in [5, 5.41) is 5.48. The van der Waals surface area contributed by atoms with Crippen molar-refractivity contribution < 1.29 is 4.39 Å². The number of anilines is 1. The highest BCUT2D eigenvalue weighted by Crippen LogP contribution is 2.31. The molecule has 8 heteroatoms. The summed E-state index contributed by atoms with van der Waals surface area (Å²) < 4.78 is 15.5. The van der Waals surface area contributed by atoms with Crippen LogP contribution >= 0.6 is 0 Å². The number of rotatable bonds is 3. The van der Waals surface area contributed by atoms with E-state index in [9.17, 15) is 4.39 Å². The molecule has 1 aromatic carbocycles. The van der Waals surface area contributed by atoms with Crippen molar-refractivity contribution in [1.29, 1.82) is 0 Å². The molecule has 6 rings (SSSR count). The second-order valence-electron chi connectivity index (χ2n) is 9.22. The number of hydrogen-bond donors (Lipinski definition) is 0. The van der Waals surface area contributed by atoms with Gasteiger partial charge in [0, 0.05) is 68.5 Å². The zero-order valence-electron chi connectivity index (χ0n) is 18.9. The van der Waals surface area contributed by atoms with Crippen molar-refractivity contribution in [3.8, 4) is 11.1 Å². The van der Waals surface area contributed by atoms with Gasteiger partial charge < -0.3 is 9.80 Å². The Bertz CT molecular complexity index is 1290. The van der Waals surface area contributed by atoms with E-state index < -0.39 is 0 Å². The number of piperazine rings is 1. The van der Waals surface area contributed by atoms with Gasteiger partial charge >= 0.3 is 0 Å². The second kappa shape index (κ2) is 8.35. The first-order valence-electron chi connectivity index (χ1n) is 11.7. The van der Waals surface area contributed by atoms with Gasteiger partial charge in [-0.15, -0.1) is 0 Å². The summed E-state index contributed by atoms with van der Waals surface area (Å²) >= 11 is 0. The molecule has 2 aliphatic heterocycles. The fraction of sp³-hybridized carbons (Fsp3) is 0.400. The fourth-order valence-corrected chi connectivity index (χ4v) is 5.25. The van der Waals surface area contributed by atoms with Crippen LogP contribution in [-0.2, 0) is 0 Å². The summed E-state index contributed by atoms with van der Waals surface area (Å²) in [6, 6.07) is 7.33. The van der Waals surface area contributed by atoms with Gasteiger partial charge in [-0.1, -0.05) is 0 Å². The molecule has 5 heterocycles. The Morgan fingerprint density at radius 2 is 1.73 bits per heavy atom. The number of benzene rings is 1. The lowest BCUT2D eigenvalue weighted by Gasteiger charge is -2.42. The van der Waals surface area contributed by atoms with E-state index in [1.807, 2.05) is 23.0 Å². The van der Waals surface area contributed by atoms with Gasteiger partial charge in [0.15, 0.2) is 5.65 Å². The Balaban J connectivity index is 1.23. The van der Waals surface area contributed by atoms with Crippen molar-refractivity contribution in [2.24, 2.45) is 0 Å². The summed E-state index contributed by atoms with van der Waals surface area (Å²) in [7, 11) is 2.21. The highest BCUT2D eigenvalue weighted by atomic mass is 19.1. The molecule has 3 aromatic heterocycles. The van der Waals surface area contributed by atoms with Gasteiger partial charge in [0.2, 0.25) is 0 Å². The van der Waals surface area contributed by atoms with Crippen LogP contribution in [0.3, 0.4) is 0 Å². The van der Waals surface area contributed by atoms with Crippen molar-refractivity contribution in [2.45, 2.75) is 18.9 Å². The van der Waals surface area contributed by atoms with E-state index in [-0.39, 0.29) is 5.82 Å². The zero-order chi connectivity index (χ0) is 22.4. The Kier molecular flexibility index (Phi) is 5.19. The maximum Gasteiger partial charge on any atom is 0.162 e. The van der Waals surface area contributed by atoms with Crippen LogP contribution in [0.4, 0.5) is 10.1 Å². The summed E-state index contributed by atoms with van der Waals surface area (Å²) in [5.41, 5.74) is 4.42. The molecule has 33 heavy (non-hydrogen) atoms. The minimum absolute atomic E-state index is 0.286. The number of piperidine rings is 1. The van der Waals surface area contributed by atoms with Gasteiger partial charge in [-0.2, -0.15) is 5.10 Å². The smallest absolute Gasteiger partial charge is 0.162 e. The van der Waals surface area contributed by atoms with Gasteiger partial charge in [0.25, 0.3) is 0 Å². The van der Waals surface area contributed by atoms with Crippen LogP contribution < -0.4 is 4.90 Å². The minimum Gasteiger partial charge on any atom is -0.369 e. The molecule has 0 aliphatic carbocycles. The van der Waals surface area contributed by atoms with E-state index >= 15 is 0 Å². The van der Waals surface area contributed by atoms with Crippen molar-refractivity contribution in [2.75, 3.05) is 51.2 Å². The van der Waals surface area contributed by atoms with Crippen LogP contribution in [0.15, 0.2) is 49.1 Å². The Hall–Kier alpha value is -3.10. The number of likely N-dealkylation sites (N-methyl/N-ethyl adjacent to an activating group) is 1.